The van der Waals surface area contributed by atoms with Gasteiger partial charge in [-0.1, -0.05) is 0 Å². The Labute approximate surface area is 123 Å². The first-order chi connectivity index (χ1) is 9.34. The molecule has 0 saturated carbocycles. The molecule has 0 saturated heterocycles. The normalized spacial score (nSPS) is 11.3. The lowest BCUT2D eigenvalue weighted by Gasteiger charge is -2.17. The first kappa shape index (κ1) is 14.5. The van der Waals surface area contributed by atoms with E-state index in [4.69, 9.17) is 9.52 Å². The molecule has 2 aromatic heterocycles. The van der Waals surface area contributed by atoms with Crippen molar-refractivity contribution in [3.05, 3.63) is 41.0 Å². The van der Waals surface area contributed by atoms with E-state index < -0.39 is 21.8 Å². The van der Waals surface area contributed by atoms with Gasteiger partial charge >= 0.3 is 5.97 Å². The Morgan fingerprint density at radius 2 is 2.20 bits per heavy atom. The van der Waals surface area contributed by atoms with Gasteiger partial charge in [-0.15, -0.1) is 0 Å². The van der Waals surface area contributed by atoms with Crippen LogP contribution in [0.2, 0.25) is 0 Å². The summed E-state index contributed by atoms with van der Waals surface area (Å²) in [5.41, 5.74) is 0.345. The van der Waals surface area contributed by atoms with Crippen LogP contribution in [0.15, 0.2) is 44.6 Å². The predicted molar refractivity (Wildman–Crippen MR) is 73.2 cm³/mol. The Kier molecular flexibility index (Phi) is 3.82. The van der Waals surface area contributed by atoms with Gasteiger partial charge in [-0.3, -0.25) is 9.29 Å². The van der Waals surface area contributed by atoms with Crippen molar-refractivity contribution in [2.24, 2.45) is 0 Å². The van der Waals surface area contributed by atoms with E-state index in [1.807, 2.05) is 0 Å². The smallest absolute Gasteiger partial charge is 0.371 e. The second-order valence-corrected chi connectivity index (χ2v) is 6.40. The fourth-order valence-electron chi connectivity index (χ4n) is 1.46. The van der Waals surface area contributed by atoms with Crippen LogP contribution in [0.3, 0.4) is 0 Å². The molecule has 2 rings (SSSR count). The summed E-state index contributed by atoms with van der Waals surface area (Å²) in [5.74, 6) is -1.81. The van der Waals surface area contributed by atoms with Gasteiger partial charge in [-0.05, 0) is 28.1 Å². The highest BCUT2D eigenvalue weighted by atomic mass is 79.9. The third kappa shape index (κ3) is 2.54. The van der Waals surface area contributed by atoms with Gasteiger partial charge in [0.15, 0.2) is 4.67 Å². The molecule has 9 heteroatoms. The van der Waals surface area contributed by atoms with Gasteiger partial charge in [0, 0.05) is 19.3 Å². The summed E-state index contributed by atoms with van der Waals surface area (Å²) in [6.07, 6.45) is 2.89. The van der Waals surface area contributed by atoms with E-state index in [0.717, 1.165) is 10.4 Å². The van der Waals surface area contributed by atoms with Gasteiger partial charge in [-0.2, -0.15) is 0 Å². The second-order valence-electron chi connectivity index (χ2n) is 3.74. The number of aromatic carboxylic acids is 1. The van der Waals surface area contributed by atoms with Crippen molar-refractivity contribution in [2.75, 3.05) is 11.4 Å². The Hall–Kier alpha value is -1.87. The van der Waals surface area contributed by atoms with Gasteiger partial charge in [0.05, 0.1) is 11.9 Å². The summed E-state index contributed by atoms with van der Waals surface area (Å²) in [4.78, 5) is 14.4. The highest BCUT2D eigenvalue weighted by Gasteiger charge is 2.29. The third-order valence-corrected chi connectivity index (χ3v) is 5.16. The molecule has 0 unspecified atom stereocenters. The van der Waals surface area contributed by atoms with Crippen LogP contribution in [-0.4, -0.2) is 31.5 Å². The maximum Gasteiger partial charge on any atom is 0.371 e. The number of pyridine rings is 1. The number of aromatic nitrogens is 1. The van der Waals surface area contributed by atoms with Crippen LogP contribution in [0.5, 0.6) is 0 Å². The van der Waals surface area contributed by atoms with Crippen LogP contribution in [0.25, 0.3) is 0 Å². The number of carbonyl (C=O) groups is 1. The molecule has 20 heavy (non-hydrogen) atoms. The van der Waals surface area contributed by atoms with Crippen LogP contribution < -0.4 is 4.31 Å². The van der Waals surface area contributed by atoms with E-state index in [2.05, 4.69) is 20.9 Å². The third-order valence-electron chi connectivity index (χ3n) is 2.51. The Morgan fingerprint density at radius 3 is 2.70 bits per heavy atom. The maximum absolute atomic E-state index is 12.4. The number of nitrogens with zero attached hydrogens (tertiary/aromatic N) is 2. The van der Waals surface area contributed by atoms with Crippen LogP contribution in [0, 0.1) is 0 Å². The zero-order valence-electron chi connectivity index (χ0n) is 10.1. The van der Waals surface area contributed by atoms with Crippen molar-refractivity contribution in [2.45, 2.75) is 4.90 Å². The molecule has 0 aliphatic carbocycles. The van der Waals surface area contributed by atoms with E-state index in [-0.39, 0.29) is 9.56 Å². The molecule has 2 heterocycles. The van der Waals surface area contributed by atoms with Crippen LogP contribution in [-0.2, 0) is 10.0 Å². The lowest BCUT2D eigenvalue weighted by molar-refractivity contribution is 0.0661. The first-order valence-electron chi connectivity index (χ1n) is 5.25. The number of sulfonamides is 1. The first-order valence-corrected chi connectivity index (χ1v) is 7.49. The number of carboxylic acid groups (broad SMARTS) is 1. The molecule has 0 radical (unpaired) electrons. The largest absolute Gasteiger partial charge is 0.475 e. The van der Waals surface area contributed by atoms with E-state index in [1.54, 1.807) is 12.1 Å². The number of furan rings is 1. The molecule has 7 nitrogen and oxygen atoms in total. The fraction of sp³-hybridized carbons (Fsp3) is 0.0909. The van der Waals surface area contributed by atoms with E-state index in [1.165, 1.54) is 19.4 Å². The molecular weight excluding hydrogens is 352 g/mol. The Balaban J connectivity index is 2.48. The van der Waals surface area contributed by atoms with Gasteiger partial charge in [0.25, 0.3) is 10.0 Å². The number of rotatable bonds is 4. The molecule has 0 fully saturated rings. The van der Waals surface area contributed by atoms with Gasteiger partial charge < -0.3 is 9.52 Å². The SMILES string of the molecule is CN(c1cccnc1)S(=O)(=O)c1cc(C(=O)O)oc1Br. The minimum absolute atomic E-state index is 0.161. The number of hydrogen-bond donors (Lipinski definition) is 1. The zero-order chi connectivity index (χ0) is 14.9. The summed E-state index contributed by atoms with van der Waals surface area (Å²) in [6.45, 7) is 0. The Morgan fingerprint density at radius 1 is 1.50 bits per heavy atom. The number of halogens is 1. The maximum atomic E-state index is 12.4. The topological polar surface area (TPSA) is 101 Å². The van der Waals surface area contributed by atoms with Crippen LogP contribution in [0.1, 0.15) is 10.6 Å². The quantitative estimate of drug-likeness (QED) is 0.894. The van der Waals surface area contributed by atoms with Crippen molar-refractivity contribution in [1.82, 2.24) is 4.98 Å². The molecule has 0 aromatic carbocycles. The molecular formula is C11H9BrN2O5S. The van der Waals surface area contributed by atoms with Gasteiger partial charge in [0.2, 0.25) is 5.76 Å². The van der Waals surface area contributed by atoms with Crippen molar-refractivity contribution in [3.8, 4) is 0 Å². The van der Waals surface area contributed by atoms with Crippen molar-refractivity contribution >= 4 is 37.6 Å². The molecule has 0 aliphatic rings. The van der Waals surface area contributed by atoms with E-state index in [9.17, 15) is 13.2 Å². The highest BCUT2D eigenvalue weighted by Crippen LogP contribution is 2.30. The molecule has 106 valence electrons. The lowest BCUT2D eigenvalue weighted by Crippen LogP contribution is -2.26. The average Bonchev–Trinajstić information content (AvgIpc) is 2.82. The molecule has 0 bridgehead atoms. The van der Waals surface area contributed by atoms with Crippen molar-refractivity contribution in [1.29, 1.82) is 0 Å². The summed E-state index contributed by atoms with van der Waals surface area (Å²) >= 11 is 2.91. The van der Waals surface area contributed by atoms with E-state index in [0.29, 0.717) is 5.69 Å². The number of anilines is 1. The minimum Gasteiger partial charge on any atom is -0.475 e. The van der Waals surface area contributed by atoms with Crippen molar-refractivity contribution in [3.63, 3.8) is 0 Å². The molecule has 0 aliphatic heterocycles. The minimum atomic E-state index is -3.95. The van der Waals surface area contributed by atoms with Gasteiger partial charge in [0.1, 0.15) is 4.90 Å². The molecule has 1 N–H and O–H groups in total. The van der Waals surface area contributed by atoms with Crippen LogP contribution >= 0.6 is 15.9 Å². The summed E-state index contributed by atoms with van der Waals surface area (Å²) in [6, 6.07) is 4.11. The molecule has 2 aromatic rings. The van der Waals surface area contributed by atoms with Gasteiger partial charge in [-0.25, -0.2) is 13.2 Å². The summed E-state index contributed by atoms with van der Waals surface area (Å²) in [7, 11) is -2.61. The van der Waals surface area contributed by atoms with Crippen molar-refractivity contribution < 1.29 is 22.7 Å². The highest BCUT2D eigenvalue weighted by molar-refractivity contribution is 9.10. The fourth-order valence-corrected chi connectivity index (χ4v) is 3.54. The summed E-state index contributed by atoms with van der Waals surface area (Å²) < 4.78 is 30.5. The predicted octanol–water partition coefficient (Wildman–Crippen LogP) is 1.96. The summed E-state index contributed by atoms with van der Waals surface area (Å²) in [5, 5.41) is 8.81. The average molecular weight is 361 g/mol. The number of carboxylic acids is 1. The molecule has 0 atom stereocenters. The standard InChI is InChI=1S/C11H9BrN2O5S/c1-14(7-3-2-4-13-6-7)20(17,18)9-5-8(11(15)16)19-10(9)12/h2-6H,1H3,(H,15,16). The van der Waals surface area contributed by atoms with Crippen LogP contribution in [0.4, 0.5) is 5.69 Å². The second kappa shape index (κ2) is 5.25. The molecule has 0 spiro atoms. The Bertz CT molecular complexity index is 741. The zero-order valence-corrected chi connectivity index (χ0v) is 12.6. The van der Waals surface area contributed by atoms with E-state index >= 15 is 0 Å². The molecule has 0 amide bonds. The lowest BCUT2D eigenvalue weighted by atomic mass is 10.4. The number of hydrogen-bond acceptors (Lipinski definition) is 5. The monoisotopic (exact) mass is 360 g/mol.